The standard InChI is InChI=1S/C17H25N3O6/c1-7(2)13(14(21)20-17(18)24)26-16(23)12-9(5)11(10(6)19-12)15(22)25-8(3)4/h7-8,13,19H,1-6H3,(H3,18,20,21,24)/t13-/m0/s1. The fourth-order valence-electron chi connectivity index (χ4n) is 2.39. The first-order valence-electron chi connectivity index (χ1n) is 8.17. The maximum Gasteiger partial charge on any atom is 0.355 e. The summed E-state index contributed by atoms with van der Waals surface area (Å²) in [4.78, 5) is 50.3. The van der Waals surface area contributed by atoms with Gasteiger partial charge in [-0.25, -0.2) is 14.4 Å². The van der Waals surface area contributed by atoms with E-state index in [9.17, 15) is 19.2 Å². The number of nitrogens with two attached hydrogens (primary N) is 1. The number of aromatic nitrogens is 1. The van der Waals surface area contributed by atoms with Crippen molar-refractivity contribution in [3.63, 3.8) is 0 Å². The van der Waals surface area contributed by atoms with E-state index in [-0.39, 0.29) is 17.4 Å². The summed E-state index contributed by atoms with van der Waals surface area (Å²) in [7, 11) is 0. The van der Waals surface area contributed by atoms with Crippen LogP contribution in [0.3, 0.4) is 0 Å². The van der Waals surface area contributed by atoms with Crippen molar-refractivity contribution in [2.24, 2.45) is 11.7 Å². The second-order valence-corrected chi connectivity index (χ2v) is 6.50. The molecular weight excluding hydrogens is 342 g/mol. The Balaban J connectivity index is 3.08. The third-order valence-electron chi connectivity index (χ3n) is 3.53. The number of hydrogen-bond donors (Lipinski definition) is 3. The number of aromatic amines is 1. The van der Waals surface area contributed by atoms with Gasteiger partial charge in [0.05, 0.1) is 11.7 Å². The molecule has 0 spiro atoms. The number of primary amides is 1. The van der Waals surface area contributed by atoms with Gasteiger partial charge in [0, 0.05) is 5.69 Å². The molecule has 0 saturated heterocycles. The molecule has 0 fully saturated rings. The van der Waals surface area contributed by atoms with Crippen molar-refractivity contribution in [3.8, 4) is 0 Å². The highest BCUT2D eigenvalue weighted by Gasteiger charge is 2.31. The van der Waals surface area contributed by atoms with E-state index in [1.165, 1.54) is 0 Å². The number of rotatable bonds is 6. The van der Waals surface area contributed by atoms with E-state index >= 15 is 0 Å². The van der Waals surface area contributed by atoms with Gasteiger partial charge < -0.3 is 20.2 Å². The number of carbonyl (C=O) groups is 4. The van der Waals surface area contributed by atoms with Crippen molar-refractivity contribution in [3.05, 3.63) is 22.5 Å². The molecule has 144 valence electrons. The summed E-state index contributed by atoms with van der Waals surface area (Å²) in [6.45, 7) is 9.93. The summed E-state index contributed by atoms with van der Waals surface area (Å²) in [5.74, 6) is -2.61. The monoisotopic (exact) mass is 367 g/mol. The summed E-state index contributed by atoms with van der Waals surface area (Å²) >= 11 is 0. The van der Waals surface area contributed by atoms with Crippen LogP contribution in [0.1, 0.15) is 59.8 Å². The van der Waals surface area contributed by atoms with Crippen LogP contribution in [-0.4, -0.2) is 41.1 Å². The molecule has 0 saturated carbocycles. The van der Waals surface area contributed by atoms with Gasteiger partial charge in [-0.05, 0) is 39.2 Å². The van der Waals surface area contributed by atoms with E-state index in [1.54, 1.807) is 41.5 Å². The number of imide groups is 1. The van der Waals surface area contributed by atoms with Crippen LogP contribution in [0.4, 0.5) is 4.79 Å². The molecule has 1 aromatic rings. The summed E-state index contributed by atoms with van der Waals surface area (Å²) in [6, 6.07) is -1.04. The summed E-state index contributed by atoms with van der Waals surface area (Å²) in [6.07, 6.45) is -1.53. The van der Waals surface area contributed by atoms with E-state index < -0.39 is 35.9 Å². The summed E-state index contributed by atoms with van der Waals surface area (Å²) < 4.78 is 10.4. The van der Waals surface area contributed by atoms with Crippen molar-refractivity contribution >= 4 is 23.9 Å². The zero-order chi connectivity index (χ0) is 20.2. The molecule has 0 aliphatic carbocycles. The van der Waals surface area contributed by atoms with Gasteiger partial charge in [0.1, 0.15) is 5.69 Å². The fraction of sp³-hybridized carbons (Fsp3) is 0.529. The largest absolute Gasteiger partial charge is 0.459 e. The average molecular weight is 367 g/mol. The predicted molar refractivity (Wildman–Crippen MR) is 92.6 cm³/mol. The van der Waals surface area contributed by atoms with E-state index in [4.69, 9.17) is 15.2 Å². The van der Waals surface area contributed by atoms with Crippen molar-refractivity contribution in [2.75, 3.05) is 0 Å². The van der Waals surface area contributed by atoms with Gasteiger partial charge in [0.25, 0.3) is 5.91 Å². The minimum Gasteiger partial charge on any atom is -0.459 e. The second-order valence-electron chi connectivity index (χ2n) is 6.50. The molecule has 9 nitrogen and oxygen atoms in total. The number of nitrogens with one attached hydrogen (secondary N) is 2. The Kier molecular flexibility index (Phi) is 6.93. The van der Waals surface area contributed by atoms with E-state index in [0.717, 1.165) is 0 Å². The van der Waals surface area contributed by atoms with Crippen LogP contribution in [0.15, 0.2) is 0 Å². The van der Waals surface area contributed by atoms with Crippen LogP contribution in [0.5, 0.6) is 0 Å². The maximum atomic E-state index is 12.5. The molecule has 4 N–H and O–H groups in total. The van der Waals surface area contributed by atoms with Crippen molar-refractivity contribution < 1.29 is 28.7 Å². The highest BCUT2D eigenvalue weighted by Crippen LogP contribution is 2.21. The summed E-state index contributed by atoms with van der Waals surface area (Å²) in [5, 5.41) is 1.89. The molecular formula is C17H25N3O6. The lowest BCUT2D eigenvalue weighted by Crippen LogP contribution is -2.45. The number of ether oxygens (including phenoxy) is 2. The van der Waals surface area contributed by atoms with Crippen LogP contribution in [-0.2, 0) is 14.3 Å². The van der Waals surface area contributed by atoms with Crippen molar-refractivity contribution in [2.45, 2.75) is 53.8 Å². The third kappa shape index (κ3) is 5.08. The number of aryl methyl sites for hydroxylation is 1. The normalized spacial score (nSPS) is 12.0. The molecule has 26 heavy (non-hydrogen) atoms. The number of amides is 3. The Morgan fingerprint density at radius 2 is 1.58 bits per heavy atom. The molecule has 0 radical (unpaired) electrons. The molecule has 0 aromatic carbocycles. The minimum absolute atomic E-state index is 0.0377. The zero-order valence-corrected chi connectivity index (χ0v) is 15.8. The lowest BCUT2D eigenvalue weighted by molar-refractivity contribution is -0.130. The number of esters is 2. The number of urea groups is 1. The van der Waals surface area contributed by atoms with Crippen molar-refractivity contribution in [1.29, 1.82) is 0 Å². The smallest absolute Gasteiger partial charge is 0.355 e. The first-order chi connectivity index (χ1) is 12.0. The molecule has 9 heteroatoms. The van der Waals surface area contributed by atoms with Gasteiger partial charge in [-0.15, -0.1) is 0 Å². The SMILES string of the molecule is Cc1[nH]c(C(=O)O[C@H](C(=O)NC(N)=O)C(C)C)c(C)c1C(=O)OC(C)C. The molecule has 0 bridgehead atoms. The molecule has 3 amide bonds. The lowest BCUT2D eigenvalue weighted by atomic mass is 10.1. The van der Waals surface area contributed by atoms with Gasteiger partial charge >= 0.3 is 18.0 Å². The van der Waals surface area contributed by atoms with Gasteiger partial charge in [-0.1, -0.05) is 13.8 Å². The Bertz CT molecular complexity index is 720. The summed E-state index contributed by atoms with van der Waals surface area (Å²) in [5.41, 5.74) is 6.01. The Morgan fingerprint density at radius 3 is 2.04 bits per heavy atom. The van der Waals surface area contributed by atoms with Crippen LogP contribution in [0.2, 0.25) is 0 Å². The van der Waals surface area contributed by atoms with E-state index in [0.29, 0.717) is 11.3 Å². The minimum atomic E-state index is -1.22. The molecule has 0 unspecified atom stereocenters. The van der Waals surface area contributed by atoms with Gasteiger partial charge in [0.2, 0.25) is 0 Å². The topological polar surface area (TPSA) is 141 Å². The Labute approximate surface area is 151 Å². The Hall–Kier alpha value is -2.84. The third-order valence-corrected chi connectivity index (χ3v) is 3.53. The van der Waals surface area contributed by atoms with Gasteiger partial charge in [0.15, 0.2) is 6.10 Å². The maximum absolute atomic E-state index is 12.5. The fourth-order valence-corrected chi connectivity index (χ4v) is 2.39. The molecule has 0 aliphatic rings. The molecule has 0 aliphatic heterocycles. The van der Waals surface area contributed by atoms with Crippen LogP contribution in [0.25, 0.3) is 0 Å². The second kappa shape index (κ2) is 8.50. The average Bonchev–Trinajstić information content (AvgIpc) is 2.77. The number of carbonyl (C=O) groups excluding carboxylic acids is 4. The number of hydrogen-bond acceptors (Lipinski definition) is 6. The first-order valence-corrected chi connectivity index (χ1v) is 8.17. The zero-order valence-electron chi connectivity index (χ0n) is 15.8. The first kappa shape index (κ1) is 21.2. The lowest BCUT2D eigenvalue weighted by Gasteiger charge is -2.19. The van der Waals surface area contributed by atoms with Gasteiger partial charge in [-0.2, -0.15) is 0 Å². The van der Waals surface area contributed by atoms with Crippen LogP contribution >= 0.6 is 0 Å². The van der Waals surface area contributed by atoms with Crippen molar-refractivity contribution in [1.82, 2.24) is 10.3 Å². The predicted octanol–water partition coefficient (Wildman–Crippen LogP) is 1.57. The van der Waals surface area contributed by atoms with E-state index in [1.807, 2.05) is 5.32 Å². The molecule has 1 rings (SSSR count). The van der Waals surface area contributed by atoms with Crippen LogP contribution in [0, 0.1) is 19.8 Å². The van der Waals surface area contributed by atoms with E-state index in [2.05, 4.69) is 4.98 Å². The van der Waals surface area contributed by atoms with Gasteiger partial charge in [-0.3, -0.25) is 10.1 Å². The molecule has 1 atom stereocenters. The molecule has 1 aromatic heterocycles. The molecule has 1 heterocycles. The highest BCUT2D eigenvalue weighted by atomic mass is 16.6. The highest BCUT2D eigenvalue weighted by molar-refractivity contribution is 6.00. The van der Waals surface area contributed by atoms with Crippen LogP contribution < -0.4 is 11.1 Å². The quantitative estimate of drug-likeness (QED) is 0.652. The Morgan fingerprint density at radius 1 is 1.00 bits per heavy atom. The number of H-pyrrole nitrogens is 1.